The largest absolute Gasteiger partial charge is 0.352 e. The molecular formula is C23H21N3O2. The van der Waals surface area contributed by atoms with Crippen molar-refractivity contribution < 1.29 is 9.59 Å². The second-order valence-electron chi connectivity index (χ2n) is 6.93. The molecule has 1 atom stereocenters. The number of benzene rings is 2. The highest BCUT2D eigenvalue weighted by atomic mass is 16.2. The lowest BCUT2D eigenvalue weighted by molar-refractivity contribution is -0.121. The first-order valence-corrected chi connectivity index (χ1v) is 9.29. The summed E-state index contributed by atoms with van der Waals surface area (Å²) in [5, 5.41) is 2.95. The van der Waals surface area contributed by atoms with Gasteiger partial charge < -0.3 is 5.32 Å². The van der Waals surface area contributed by atoms with Crippen molar-refractivity contribution in [2.45, 2.75) is 25.9 Å². The van der Waals surface area contributed by atoms with Gasteiger partial charge in [-0.15, -0.1) is 0 Å². The van der Waals surface area contributed by atoms with Gasteiger partial charge in [-0.1, -0.05) is 48.0 Å². The van der Waals surface area contributed by atoms with Gasteiger partial charge in [0.25, 0.3) is 5.91 Å². The molecule has 2 amide bonds. The average molecular weight is 371 g/mol. The van der Waals surface area contributed by atoms with E-state index in [1.165, 1.54) is 0 Å². The highest BCUT2D eigenvalue weighted by Crippen LogP contribution is 2.38. The Kier molecular flexibility index (Phi) is 4.89. The fourth-order valence-electron chi connectivity index (χ4n) is 3.49. The number of nitrogens with zero attached hydrogens (tertiary/aromatic N) is 2. The van der Waals surface area contributed by atoms with Crippen LogP contribution in [0.25, 0.3) is 0 Å². The van der Waals surface area contributed by atoms with Crippen molar-refractivity contribution in [3.63, 3.8) is 0 Å². The molecule has 1 aliphatic rings. The van der Waals surface area contributed by atoms with Crippen LogP contribution in [-0.2, 0) is 11.3 Å². The van der Waals surface area contributed by atoms with E-state index < -0.39 is 6.04 Å². The number of carbonyl (C=O) groups is 2. The van der Waals surface area contributed by atoms with E-state index >= 15 is 0 Å². The van der Waals surface area contributed by atoms with E-state index in [-0.39, 0.29) is 18.2 Å². The second kappa shape index (κ2) is 7.64. The van der Waals surface area contributed by atoms with E-state index in [4.69, 9.17) is 0 Å². The van der Waals surface area contributed by atoms with Crippen molar-refractivity contribution in [3.05, 3.63) is 95.3 Å². The Bertz CT molecular complexity index is 1000. The van der Waals surface area contributed by atoms with Crippen molar-refractivity contribution in [1.82, 2.24) is 10.3 Å². The Morgan fingerprint density at radius 3 is 2.54 bits per heavy atom. The number of aryl methyl sites for hydroxylation is 1. The molecule has 3 aromatic rings. The van der Waals surface area contributed by atoms with Crippen molar-refractivity contribution in [3.8, 4) is 0 Å². The molecule has 28 heavy (non-hydrogen) atoms. The molecule has 0 aliphatic carbocycles. The van der Waals surface area contributed by atoms with Crippen molar-refractivity contribution in [2.24, 2.45) is 0 Å². The van der Waals surface area contributed by atoms with Crippen LogP contribution in [0.15, 0.2) is 72.9 Å². The van der Waals surface area contributed by atoms with E-state index in [0.717, 1.165) is 16.8 Å². The Morgan fingerprint density at radius 2 is 1.79 bits per heavy atom. The number of carbonyl (C=O) groups excluding carboxylic acids is 2. The molecule has 4 rings (SSSR count). The number of hydrogen-bond acceptors (Lipinski definition) is 3. The van der Waals surface area contributed by atoms with Crippen molar-refractivity contribution in [2.75, 3.05) is 4.90 Å². The maximum Gasteiger partial charge on any atom is 0.260 e. The van der Waals surface area contributed by atoms with Gasteiger partial charge in [0.2, 0.25) is 5.91 Å². The Morgan fingerprint density at radius 1 is 1.04 bits per heavy atom. The van der Waals surface area contributed by atoms with Gasteiger partial charge in [0, 0.05) is 18.4 Å². The van der Waals surface area contributed by atoms with Crippen LogP contribution in [0, 0.1) is 6.92 Å². The number of fused-ring (bicyclic) bond motifs is 1. The summed E-state index contributed by atoms with van der Waals surface area (Å²) in [5.74, 6) is -0.231. The van der Waals surface area contributed by atoms with E-state index in [1.54, 1.807) is 23.2 Å². The van der Waals surface area contributed by atoms with Crippen LogP contribution < -0.4 is 10.2 Å². The average Bonchev–Trinajstić information content (AvgIpc) is 3.00. The summed E-state index contributed by atoms with van der Waals surface area (Å²) in [5.41, 5.74) is 4.14. The van der Waals surface area contributed by atoms with Crippen LogP contribution in [0.5, 0.6) is 0 Å². The fraction of sp³-hybridized carbons (Fsp3) is 0.174. The van der Waals surface area contributed by atoms with Gasteiger partial charge in [0.15, 0.2) is 0 Å². The van der Waals surface area contributed by atoms with E-state index in [9.17, 15) is 9.59 Å². The van der Waals surface area contributed by atoms with Crippen molar-refractivity contribution in [1.29, 1.82) is 0 Å². The molecular weight excluding hydrogens is 350 g/mol. The van der Waals surface area contributed by atoms with Crippen LogP contribution in [0.2, 0.25) is 0 Å². The minimum absolute atomic E-state index is 0.114. The number of aromatic nitrogens is 1. The summed E-state index contributed by atoms with van der Waals surface area (Å²) in [4.78, 5) is 31.7. The van der Waals surface area contributed by atoms with Crippen LogP contribution in [0.3, 0.4) is 0 Å². The summed E-state index contributed by atoms with van der Waals surface area (Å²) in [6.07, 6.45) is 1.83. The Labute approximate surface area is 164 Å². The summed E-state index contributed by atoms with van der Waals surface area (Å²) in [6.45, 7) is 2.46. The summed E-state index contributed by atoms with van der Waals surface area (Å²) >= 11 is 0. The number of amides is 2. The molecule has 0 spiro atoms. The van der Waals surface area contributed by atoms with Gasteiger partial charge >= 0.3 is 0 Å². The smallest absolute Gasteiger partial charge is 0.260 e. The minimum Gasteiger partial charge on any atom is -0.352 e. The summed E-state index contributed by atoms with van der Waals surface area (Å²) in [6, 6.07) is 20.6. The van der Waals surface area contributed by atoms with Crippen LogP contribution in [0.4, 0.5) is 5.69 Å². The molecule has 1 unspecified atom stereocenters. The first-order valence-electron chi connectivity index (χ1n) is 9.29. The van der Waals surface area contributed by atoms with Gasteiger partial charge in [-0.25, -0.2) is 0 Å². The number of hydrogen-bond donors (Lipinski definition) is 1. The zero-order chi connectivity index (χ0) is 19.5. The van der Waals surface area contributed by atoms with Gasteiger partial charge in [0.1, 0.15) is 0 Å². The maximum atomic E-state index is 13.0. The predicted octanol–water partition coefficient (Wildman–Crippen LogP) is 3.80. The number of pyridine rings is 1. The monoisotopic (exact) mass is 371 g/mol. The normalized spacial score (nSPS) is 15.4. The zero-order valence-electron chi connectivity index (χ0n) is 15.6. The van der Waals surface area contributed by atoms with Crippen LogP contribution in [0.1, 0.15) is 39.6 Å². The SMILES string of the molecule is Cc1ccc(N2C(=O)c3cccnc3C2CC(=O)NCc2ccccc2)cc1. The maximum absolute atomic E-state index is 13.0. The molecule has 1 N–H and O–H groups in total. The van der Waals surface area contributed by atoms with Crippen LogP contribution in [-0.4, -0.2) is 16.8 Å². The predicted molar refractivity (Wildman–Crippen MR) is 108 cm³/mol. The van der Waals surface area contributed by atoms with E-state index in [0.29, 0.717) is 17.8 Å². The zero-order valence-corrected chi connectivity index (χ0v) is 15.6. The molecule has 0 saturated carbocycles. The standard InChI is InChI=1S/C23H21N3O2/c1-16-9-11-18(12-10-16)26-20(22-19(23(26)28)8-5-13-24-22)14-21(27)25-15-17-6-3-2-4-7-17/h2-13,20H,14-15H2,1H3,(H,25,27). The molecule has 0 fully saturated rings. The molecule has 1 aliphatic heterocycles. The summed E-state index contributed by atoms with van der Waals surface area (Å²) in [7, 11) is 0. The van der Waals surface area contributed by atoms with E-state index in [2.05, 4.69) is 10.3 Å². The molecule has 5 heteroatoms. The first kappa shape index (κ1) is 17.9. The molecule has 2 heterocycles. The molecule has 5 nitrogen and oxygen atoms in total. The number of anilines is 1. The second-order valence-corrected chi connectivity index (χ2v) is 6.93. The topological polar surface area (TPSA) is 62.3 Å². The molecule has 0 radical (unpaired) electrons. The van der Waals surface area contributed by atoms with Gasteiger partial charge in [-0.3, -0.25) is 19.5 Å². The summed E-state index contributed by atoms with van der Waals surface area (Å²) < 4.78 is 0. The van der Waals surface area contributed by atoms with E-state index in [1.807, 2.05) is 61.5 Å². The van der Waals surface area contributed by atoms with Gasteiger partial charge in [0.05, 0.1) is 23.7 Å². The lowest BCUT2D eigenvalue weighted by Crippen LogP contribution is -2.32. The Hall–Kier alpha value is -3.47. The third-order valence-electron chi connectivity index (χ3n) is 4.94. The third kappa shape index (κ3) is 3.51. The number of nitrogens with one attached hydrogen (secondary N) is 1. The molecule has 0 bridgehead atoms. The first-order chi connectivity index (χ1) is 13.6. The molecule has 140 valence electrons. The minimum atomic E-state index is -0.415. The lowest BCUT2D eigenvalue weighted by atomic mass is 10.1. The lowest BCUT2D eigenvalue weighted by Gasteiger charge is -2.24. The fourth-order valence-corrected chi connectivity index (χ4v) is 3.49. The van der Waals surface area contributed by atoms with Gasteiger partial charge in [-0.2, -0.15) is 0 Å². The van der Waals surface area contributed by atoms with Crippen molar-refractivity contribution >= 4 is 17.5 Å². The molecule has 2 aromatic carbocycles. The molecule has 0 saturated heterocycles. The Balaban J connectivity index is 1.57. The highest BCUT2D eigenvalue weighted by molar-refractivity contribution is 6.11. The number of rotatable bonds is 5. The quantitative estimate of drug-likeness (QED) is 0.742. The van der Waals surface area contributed by atoms with Crippen LogP contribution >= 0.6 is 0 Å². The molecule has 1 aromatic heterocycles. The highest BCUT2D eigenvalue weighted by Gasteiger charge is 2.39. The third-order valence-corrected chi connectivity index (χ3v) is 4.94. The van der Waals surface area contributed by atoms with Gasteiger partial charge in [-0.05, 0) is 36.8 Å².